The van der Waals surface area contributed by atoms with Gasteiger partial charge in [0.2, 0.25) is 0 Å². The third-order valence-electron chi connectivity index (χ3n) is 3.32. The van der Waals surface area contributed by atoms with Crippen molar-refractivity contribution >= 4 is 17.3 Å². The Morgan fingerprint density at radius 1 is 1.71 bits per heavy atom. The normalized spacial score (nSPS) is 25.3. The van der Waals surface area contributed by atoms with Gasteiger partial charge in [-0.25, -0.2) is 4.98 Å². The molecule has 4 nitrogen and oxygen atoms in total. The standard InChI is InChI=1S/C12H18N2O2S/c1-3-10-13-9(7-17-10)6-14-5-4-8(2)11(14)12(15)16/h7-8,11H,3-6H2,1-2H3,(H,15,16). The van der Waals surface area contributed by atoms with E-state index in [9.17, 15) is 9.90 Å². The average molecular weight is 254 g/mol. The van der Waals surface area contributed by atoms with Gasteiger partial charge in [0.05, 0.1) is 10.7 Å². The Morgan fingerprint density at radius 3 is 3.06 bits per heavy atom. The monoisotopic (exact) mass is 254 g/mol. The summed E-state index contributed by atoms with van der Waals surface area (Å²) in [6.07, 6.45) is 1.91. The number of carboxylic acids is 1. The van der Waals surface area contributed by atoms with Gasteiger partial charge in [-0.3, -0.25) is 9.69 Å². The second-order valence-electron chi connectivity index (χ2n) is 4.61. The molecule has 2 rings (SSSR count). The molecule has 1 saturated heterocycles. The van der Waals surface area contributed by atoms with E-state index in [4.69, 9.17) is 0 Å². The molecule has 0 amide bonds. The number of hydrogen-bond acceptors (Lipinski definition) is 4. The quantitative estimate of drug-likeness (QED) is 0.893. The van der Waals surface area contributed by atoms with E-state index in [0.29, 0.717) is 6.54 Å². The van der Waals surface area contributed by atoms with Gasteiger partial charge in [-0.15, -0.1) is 11.3 Å². The van der Waals surface area contributed by atoms with Crippen LogP contribution in [0.1, 0.15) is 31.0 Å². The molecule has 0 aliphatic carbocycles. The summed E-state index contributed by atoms with van der Waals surface area (Å²) in [5.74, 6) is -0.474. The molecule has 5 heteroatoms. The fourth-order valence-electron chi connectivity index (χ4n) is 2.40. The van der Waals surface area contributed by atoms with E-state index < -0.39 is 5.97 Å². The number of likely N-dealkylation sites (tertiary alicyclic amines) is 1. The topological polar surface area (TPSA) is 53.4 Å². The van der Waals surface area contributed by atoms with Crippen molar-refractivity contribution in [3.05, 3.63) is 16.1 Å². The Balaban J connectivity index is 2.05. The maximum Gasteiger partial charge on any atom is 0.321 e. The highest BCUT2D eigenvalue weighted by Crippen LogP contribution is 2.26. The SMILES string of the molecule is CCc1nc(CN2CCC(C)C2C(=O)O)cs1. The Morgan fingerprint density at radius 2 is 2.47 bits per heavy atom. The molecule has 1 aromatic rings. The number of aliphatic carboxylic acids is 1. The van der Waals surface area contributed by atoms with Crippen LogP contribution in [0.4, 0.5) is 0 Å². The van der Waals surface area contributed by atoms with E-state index in [1.165, 1.54) is 0 Å². The van der Waals surface area contributed by atoms with Gasteiger partial charge in [0, 0.05) is 11.9 Å². The number of nitrogens with zero attached hydrogens (tertiary/aromatic N) is 2. The Kier molecular flexibility index (Phi) is 3.79. The summed E-state index contributed by atoms with van der Waals surface area (Å²) in [5.41, 5.74) is 1.01. The summed E-state index contributed by atoms with van der Waals surface area (Å²) >= 11 is 1.66. The molecule has 0 aromatic carbocycles. The molecule has 2 heterocycles. The van der Waals surface area contributed by atoms with Gasteiger partial charge in [0.15, 0.2) is 0 Å². The minimum Gasteiger partial charge on any atom is -0.480 e. The van der Waals surface area contributed by atoms with Gasteiger partial charge < -0.3 is 5.11 Å². The number of thiazole rings is 1. The summed E-state index contributed by atoms with van der Waals surface area (Å²) in [5, 5.41) is 12.4. The van der Waals surface area contributed by atoms with Crippen LogP contribution in [0.5, 0.6) is 0 Å². The van der Waals surface area contributed by atoms with Gasteiger partial charge in [-0.1, -0.05) is 13.8 Å². The third kappa shape index (κ3) is 2.66. The van der Waals surface area contributed by atoms with Crippen LogP contribution in [0.15, 0.2) is 5.38 Å². The lowest BCUT2D eigenvalue weighted by molar-refractivity contribution is -0.143. The van der Waals surface area contributed by atoms with Crippen molar-refractivity contribution in [2.24, 2.45) is 5.92 Å². The van der Waals surface area contributed by atoms with Crippen LogP contribution >= 0.6 is 11.3 Å². The minimum atomic E-state index is -0.707. The lowest BCUT2D eigenvalue weighted by atomic mass is 10.0. The maximum atomic E-state index is 11.2. The molecule has 0 saturated carbocycles. The number of hydrogen-bond donors (Lipinski definition) is 1. The van der Waals surface area contributed by atoms with Crippen molar-refractivity contribution in [3.63, 3.8) is 0 Å². The van der Waals surface area contributed by atoms with Crippen LogP contribution in [-0.4, -0.2) is 33.5 Å². The van der Waals surface area contributed by atoms with E-state index >= 15 is 0 Å². The van der Waals surface area contributed by atoms with Gasteiger partial charge in [0.1, 0.15) is 6.04 Å². The molecule has 17 heavy (non-hydrogen) atoms. The van der Waals surface area contributed by atoms with Crippen molar-refractivity contribution in [1.29, 1.82) is 0 Å². The number of aromatic nitrogens is 1. The minimum absolute atomic E-state index is 0.233. The zero-order chi connectivity index (χ0) is 12.4. The highest BCUT2D eigenvalue weighted by Gasteiger charge is 2.36. The number of aryl methyl sites for hydroxylation is 1. The summed E-state index contributed by atoms with van der Waals surface area (Å²) in [4.78, 5) is 17.7. The van der Waals surface area contributed by atoms with Crippen LogP contribution in [0.25, 0.3) is 0 Å². The Bertz CT molecular complexity index is 405. The van der Waals surface area contributed by atoms with E-state index in [0.717, 1.165) is 30.1 Å². The highest BCUT2D eigenvalue weighted by molar-refractivity contribution is 7.09. The average Bonchev–Trinajstić information content (AvgIpc) is 2.86. The summed E-state index contributed by atoms with van der Waals surface area (Å²) in [6.45, 7) is 5.62. The maximum absolute atomic E-state index is 11.2. The second kappa shape index (κ2) is 5.14. The van der Waals surface area contributed by atoms with Gasteiger partial charge in [-0.2, -0.15) is 0 Å². The number of carbonyl (C=O) groups is 1. The Labute approximate surface area is 105 Å². The van der Waals surface area contributed by atoms with Crippen LogP contribution in [0.3, 0.4) is 0 Å². The van der Waals surface area contributed by atoms with Crippen LogP contribution in [-0.2, 0) is 17.8 Å². The first-order valence-electron chi connectivity index (χ1n) is 6.02. The number of carboxylic acid groups (broad SMARTS) is 1. The van der Waals surface area contributed by atoms with Crippen molar-refractivity contribution in [3.8, 4) is 0 Å². The van der Waals surface area contributed by atoms with Crippen molar-refractivity contribution in [2.75, 3.05) is 6.54 Å². The van der Waals surface area contributed by atoms with Gasteiger partial charge in [0.25, 0.3) is 0 Å². The first-order chi connectivity index (χ1) is 8.11. The largest absolute Gasteiger partial charge is 0.480 e. The zero-order valence-corrected chi connectivity index (χ0v) is 11.0. The van der Waals surface area contributed by atoms with Gasteiger partial charge in [-0.05, 0) is 25.3 Å². The highest BCUT2D eigenvalue weighted by atomic mass is 32.1. The molecule has 94 valence electrons. The fraction of sp³-hybridized carbons (Fsp3) is 0.667. The van der Waals surface area contributed by atoms with E-state index in [1.807, 2.05) is 17.2 Å². The van der Waals surface area contributed by atoms with Gasteiger partial charge >= 0.3 is 5.97 Å². The summed E-state index contributed by atoms with van der Waals surface area (Å²) in [6, 6.07) is -0.346. The summed E-state index contributed by atoms with van der Waals surface area (Å²) in [7, 11) is 0. The second-order valence-corrected chi connectivity index (χ2v) is 5.55. The lowest BCUT2D eigenvalue weighted by Crippen LogP contribution is -2.38. The fourth-order valence-corrected chi connectivity index (χ4v) is 3.13. The molecular weight excluding hydrogens is 236 g/mol. The molecule has 1 aliphatic heterocycles. The predicted molar refractivity (Wildman–Crippen MR) is 67.1 cm³/mol. The molecule has 0 bridgehead atoms. The predicted octanol–water partition coefficient (Wildman–Crippen LogP) is 2.00. The number of rotatable bonds is 4. The third-order valence-corrected chi connectivity index (χ3v) is 4.37. The Hall–Kier alpha value is -0.940. The smallest absolute Gasteiger partial charge is 0.321 e. The van der Waals surface area contributed by atoms with Crippen molar-refractivity contribution < 1.29 is 9.90 Å². The van der Waals surface area contributed by atoms with E-state index in [2.05, 4.69) is 11.9 Å². The molecule has 0 spiro atoms. The molecule has 1 fully saturated rings. The molecule has 0 radical (unpaired) electrons. The van der Waals surface area contributed by atoms with E-state index in [1.54, 1.807) is 11.3 Å². The molecular formula is C12H18N2O2S. The molecule has 1 aromatic heterocycles. The zero-order valence-electron chi connectivity index (χ0n) is 10.2. The van der Waals surface area contributed by atoms with Crippen molar-refractivity contribution in [2.45, 2.75) is 39.3 Å². The van der Waals surface area contributed by atoms with Crippen LogP contribution in [0.2, 0.25) is 0 Å². The molecule has 2 unspecified atom stereocenters. The first-order valence-corrected chi connectivity index (χ1v) is 6.90. The van der Waals surface area contributed by atoms with Crippen LogP contribution < -0.4 is 0 Å². The van der Waals surface area contributed by atoms with Crippen molar-refractivity contribution in [1.82, 2.24) is 9.88 Å². The van der Waals surface area contributed by atoms with E-state index in [-0.39, 0.29) is 12.0 Å². The molecule has 1 N–H and O–H groups in total. The molecule has 1 aliphatic rings. The van der Waals surface area contributed by atoms with Crippen LogP contribution in [0, 0.1) is 5.92 Å². The lowest BCUT2D eigenvalue weighted by Gasteiger charge is -2.21. The molecule has 2 atom stereocenters. The summed E-state index contributed by atoms with van der Waals surface area (Å²) < 4.78 is 0. The first kappa shape index (κ1) is 12.5.